The first-order valence-electron chi connectivity index (χ1n) is 6.08. The Morgan fingerprint density at radius 3 is 3.15 bits per heavy atom. The summed E-state index contributed by atoms with van der Waals surface area (Å²) in [5.74, 6) is -0.283. The van der Waals surface area contributed by atoms with Crippen LogP contribution in [-0.2, 0) is 0 Å². The van der Waals surface area contributed by atoms with Crippen molar-refractivity contribution in [2.75, 3.05) is 13.2 Å². The number of carbonyl (C=O) groups excluding carboxylic acids is 1. The molecule has 0 saturated carbocycles. The fourth-order valence-electron chi connectivity index (χ4n) is 1.86. The van der Waals surface area contributed by atoms with E-state index in [4.69, 9.17) is 9.63 Å². The van der Waals surface area contributed by atoms with Crippen LogP contribution in [0.5, 0.6) is 0 Å². The number of rotatable bonds is 4. The number of benzene rings is 1. The van der Waals surface area contributed by atoms with Gasteiger partial charge in [0, 0.05) is 23.8 Å². The van der Waals surface area contributed by atoms with Crippen molar-refractivity contribution in [2.24, 2.45) is 0 Å². The average Bonchev–Trinajstić information content (AvgIpc) is 3.12. The second-order valence-electron chi connectivity index (χ2n) is 4.18. The summed E-state index contributed by atoms with van der Waals surface area (Å²) in [6, 6.07) is 7.64. The summed E-state index contributed by atoms with van der Waals surface area (Å²) in [7, 11) is 0. The Hall–Kier alpha value is -2.67. The van der Waals surface area contributed by atoms with Crippen molar-refractivity contribution in [2.45, 2.75) is 0 Å². The molecule has 2 heterocycles. The first-order valence-corrected chi connectivity index (χ1v) is 6.08. The Morgan fingerprint density at radius 1 is 1.40 bits per heavy atom. The summed E-state index contributed by atoms with van der Waals surface area (Å²) in [5.41, 5.74) is 1.71. The van der Waals surface area contributed by atoms with Crippen LogP contribution in [0.15, 0.2) is 35.0 Å². The van der Waals surface area contributed by atoms with Crippen LogP contribution >= 0.6 is 0 Å². The standard InChI is InChI=1S/C13H12N4O3/c18-6-5-15-12(19)13-16-11(17-20-13)9-2-1-8-3-4-14-10(8)7-9/h1-4,7,14,18H,5-6H2,(H,15,19). The van der Waals surface area contributed by atoms with Crippen LogP contribution in [0.4, 0.5) is 0 Å². The van der Waals surface area contributed by atoms with Crippen LogP contribution in [0.2, 0.25) is 0 Å². The minimum atomic E-state index is -0.501. The van der Waals surface area contributed by atoms with Gasteiger partial charge in [0.05, 0.1) is 6.61 Å². The van der Waals surface area contributed by atoms with Crippen molar-refractivity contribution in [1.29, 1.82) is 0 Å². The summed E-state index contributed by atoms with van der Waals surface area (Å²) >= 11 is 0. The van der Waals surface area contributed by atoms with Gasteiger partial charge in [-0.2, -0.15) is 4.98 Å². The number of nitrogens with one attached hydrogen (secondary N) is 2. The van der Waals surface area contributed by atoms with Gasteiger partial charge in [0.25, 0.3) is 0 Å². The number of aliphatic hydroxyl groups is 1. The molecule has 3 aromatic rings. The molecule has 7 nitrogen and oxygen atoms in total. The molecule has 3 N–H and O–H groups in total. The van der Waals surface area contributed by atoms with Gasteiger partial charge in [0.1, 0.15) is 0 Å². The van der Waals surface area contributed by atoms with E-state index >= 15 is 0 Å². The maximum Gasteiger partial charge on any atom is 0.316 e. The zero-order chi connectivity index (χ0) is 13.9. The number of H-pyrrole nitrogens is 1. The summed E-state index contributed by atoms with van der Waals surface area (Å²) in [6.07, 6.45) is 1.85. The lowest BCUT2D eigenvalue weighted by atomic mass is 10.1. The quantitative estimate of drug-likeness (QED) is 0.655. The van der Waals surface area contributed by atoms with E-state index in [0.29, 0.717) is 5.82 Å². The van der Waals surface area contributed by atoms with Crippen LogP contribution in [-0.4, -0.2) is 39.3 Å². The van der Waals surface area contributed by atoms with Crippen molar-refractivity contribution < 1.29 is 14.4 Å². The fourth-order valence-corrected chi connectivity index (χ4v) is 1.86. The highest BCUT2D eigenvalue weighted by Crippen LogP contribution is 2.21. The Balaban J connectivity index is 1.87. The molecule has 1 amide bonds. The third-order valence-corrected chi connectivity index (χ3v) is 2.83. The molecule has 7 heteroatoms. The highest BCUT2D eigenvalue weighted by molar-refractivity contribution is 5.90. The zero-order valence-electron chi connectivity index (χ0n) is 10.5. The predicted octanol–water partition coefficient (Wildman–Crippen LogP) is 0.940. The molecule has 0 aliphatic heterocycles. The van der Waals surface area contributed by atoms with Gasteiger partial charge < -0.3 is 19.9 Å². The van der Waals surface area contributed by atoms with Gasteiger partial charge in [0.15, 0.2) is 0 Å². The predicted molar refractivity (Wildman–Crippen MR) is 71.0 cm³/mol. The molecule has 3 rings (SSSR count). The largest absolute Gasteiger partial charge is 0.395 e. The molecular formula is C13H12N4O3. The van der Waals surface area contributed by atoms with E-state index in [1.807, 2.05) is 30.5 Å². The highest BCUT2D eigenvalue weighted by Gasteiger charge is 2.15. The fraction of sp³-hybridized carbons (Fsp3) is 0.154. The molecule has 0 saturated heterocycles. The Labute approximate surface area is 113 Å². The van der Waals surface area contributed by atoms with Crippen molar-refractivity contribution in [3.05, 3.63) is 36.4 Å². The molecule has 0 unspecified atom stereocenters. The van der Waals surface area contributed by atoms with E-state index in [-0.39, 0.29) is 19.0 Å². The average molecular weight is 272 g/mol. The van der Waals surface area contributed by atoms with Gasteiger partial charge in [-0.05, 0) is 17.5 Å². The van der Waals surface area contributed by atoms with E-state index in [2.05, 4.69) is 20.4 Å². The molecule has 0 radical (unpaired) electrons. The summed E-state index contributed by atoms with van der Waals surface area (Å²) in [4.78, 5) is 18.7. The first kappa shape index (κ1) is 12.4. The van der Waals surface area contributed by atoms with Gasteiger partial charge >= 0.3 is 11.8 Å². The van der Waals surface area contributed by atoms with Gasteiger partial charge in [-0.1, -0.05) is 17.3 Å². The van der Waals surface area contributed by atoms with Gasteiger partial charge in [-0.3, -0.25) is 4.79 Å². The Kier molecular flexibility index (Phi) is 3.18. The van der Waals surface area contributed by atoms with E-state index in [0.717, 1.165) is 16.5 Å². The van der Waals surface area contributed by atoms with Gasteiger partial charge in [0.2, 0.25) is 5.82 Å². The molecule has 0 atom stereocenters. The topological polar surface area (TPSA) is 104 Å². The lowest BCUT2D eigenvalue weighted by molar-refractivity contribution is 0.0901. The van der Waals surface area contributed by atoms with Gasteiger partial charge in [-0.15, -0.1) is 0 Å². The molecule has 2 aromatic heterocycles. The highest BCUT2D eigenvalue weighted by atomic mass is 16.5. The molecule has 1 aromatic carbocycles. The SMILES string of the molecule is O=C(NCCO)c1nc(-c2ccc3cc[nH]c3c2)no1. The minimum absolute atomic E-state index is 0.125. The summed E-state index contributed by atoms with van der Waals surface area (Å²) < 4.78 is 4.91. The maximum atomic E-state index is 11.6. The lowest BCUT2D eigenvalue weighted by Gasteiger charge is -1.96. The summed E-state index contributed by atoms with van der Waals surface area (Å²) in [5, 5.41) is 16.0. The van der Waals surface area contributed by atoms with Crippen LogP contribution in [0.25, 0.3) is 22.3 Å². The van der Waals surface area contributed by atoms with E-state index in [1.165, 1.54) is 0 Å². The number of hydrogen-bond acceptors (Lipinski definition) is 5. The smallest absolute Gasteiger partial charge is 0.316 e. The van der Waals surface area contributed by atoms with E-state index in [1.54, 1.807) is 0 Å². The molecular weight excluding hydrogens is 260 g/mol. The maximum absolute atomic E-state index is 11.6. The van der Waals surface area contributed by atoms with Crippen molar-refractivity contribution in [3.63, 3.8) is 0 Å². The number of aromatic nitrogens is 3. The molecule has 20 heavy (non-hydrogen) atoms. The Bertz CT molecular complexity index is 747. The number of fused-ring (bicyclic) bond motifs is 1. The van der Waals surface area contributed by atoms with Crippen molar-refractivity contribution in [1.82, 2.24) is 20.4 Å². The number of carbonyl (C=O) groups is 1. The second-order valence-corrected chi connectivity index (χ2v) is 4.18. The molecule has 0 aliphatic rings. The third kappa shape index (κ3) is 2.26. The molecule has 0 aliphatic carbocycles. The van der Waals surface area contributed by atoms with Crippen LogP contribution in [0, 0.1) is 0 Å². The molecule has 0 spiro atoms. The van der Waals surface area contributed by atoms with Crippen LogP contribution in [0.3, 0.4) is 0 Å². The molecule has 0 fully saturated rings. The van der Waals surface area contributed by atoms with E-state index in [9.17, 15) is 4.79 Å². The van der Waals surface area contributed by atoms with Crippen molar-refractivity contribution >= 4 is 16.8 Å². The molecule has 0 bridgehead atoms. The van der Waals surface area contributed by atoms with Gasteiger partial charge in [-0.25, -0.2) is 0 Å². The summed E-state index contributed by atoms with van der Waals surface area (Å²) in [6.45, 7) is 0.00120. The second kappa shape index (κ2) is 5.14. The number of aromatic amines is 1. The van der Waals surface area contributed by atoms with E-state index < -0.39 is 5.91 Å². The molecule has 102 valence electrons. The minimum Gasteiger partial charge on any atom is -0.395 e. The van der Waals surface area contributed by atoms with Crippen LogP contribution in [0.1, 0.15) is 10.7 Å². The number of amides is 1. The normalized spacial score (nSPS) is 10.8. The third-order valence-electron chi connectivity index (χ3n) is 2.83. The number of hydrogen-bond donors (Lipinski definition) is 3. The monoisotopic (exact) mass is 272 g/mol. The number of nitrogens with zero attached hydrogens (tertiary/aromatic N) is 2. The lowest BCUT2D eigenvalue weighted by Crippen LogP contribution is -2.26. The van der Waals surface area contributed by atoms with Crippen LogP contribution < -0.4 is 5.32 Å². The van der Waals surface area contributed by atoms with Crippen molar-refractivity contribution in [3.8, 4) is 11.4 Å². The zero-order valence-corrected chi connectivity index (χ0v) is 10.5. The number of aliphatic hydroxyl groups excluding tert-OH is 1. The Morgan fingerprint density at radius 2 is 2.30 bits per heavy atom. The first-order chi connectivity index (χ1) is 9.78.